The summed E-state index contributed by atoms with van der Waals surface area (Å²) in [5, 5.41) is 62.5. The van der Waals surface area contributed by atoms with Gasteiger partial charge in [0.25, 0.3) is 0 Å². The quantitative estimate of drug-likeness (QED) is 0.134. The minimum Gasteiger partial charge on any atom is -0.508 e. The molecule has 18 heteroatoms. The second-order valence-corrected chi connectivity index (χ2v) is 14.8. The Balaban J connectivity index is 1.64. The lowest BCUT2D eigenvalue weighted by Crippen LogP contribution is -2.26. The molecule has 0 amide bonds. The zero-order valence-electron chi connectivity index (χ0n) is 33.8. The lowest BCUT2D eigenvalue weighted by Gasteiger charge is -2.21. The number of hydrogen-bond acceptors (Lipinski definition) is 18. The molecular weight excluding hydrogens is 792 g/mol. The molecule has 6 N–H and O–H groups in total. The molecule has 0 aromatic heterocycles. The van der Waals surface area contributed by atoms with Crippen LogP contribution in [0.2, 0.25) is 0 Å². The highest BCUT2D eigenvalue weighted by Crippen LogP contribution is 2.33. The van der Waals surface area contributed by atoms with Crippen molar-refractivity contribution in [1.82, 2.24) is 0 Å². The van der Waals surface area contributed by atoms with Gasteiger partial charge in [-0.15, -0.1) is 0 Å². The van der Waals surface area contributed by atoms with Crippen molar-refractivity contribution in [2.24, 2.45) is 0 Å². The van der Waals surface area contributed by atoms with Crippen LogP contribution in [0.5, 0.6) is 34.5 Å². The number of hydrogen-bond donors (Lipinski definition) is 6. The molecule has 0 spiro atoms. The number of rotatable bonds is 0. The molecule has 6 atom stereocenters. The molecule has 1 aliphatic heterocycles. The van der Waals surface area contributed by atoms with E-state index in [2.05, 4.69) is 0 Å². The van der Waals surface area contributed by atoms with E-state index in [1.165, 1.54) is 41.5 Å². The molecule has 0 bridgehead atoms. The summed E-state index contributed by atoms with van der Waals surface area (Å²) in [7, 11) is 0. The summed E-state index contributed by atoms with van der Waals surface area (Å²) in [4.78, 5) is 78.6. The molecule has 3 aromatic rings. The van der Waals surface area contributed by atoms with Gasteiger partial charge in [-0.3, -0.25) is 14.4 Å². The molecule has 0 saturated heterocycles. The van der Waals surface area contributed by atoms with E-state index in [9.17, 15) is 59.4 Å². The SMILES string of the molecule is CC1Cc2cc(O)cc(O)c2C(=O)OC(C)CC(=O)OC(C)Cc2cc(O)cc(O)c2C(=O)OC(C)CC(=O)OC(C)Cc2cc(O)cc(O)c2C(=O)OC(C)CC(=O)O1. The Morgan fingerprint density at radius 2 is 0.567 bits per heavy atom. The summed E-state index contributed by atoms with van der Waals surface area (Å²) in [6, 6.07) is 6.15. The van der Waals surface area contributed by atoms with Crippen molar-refractivity contribution in [1.29, 1.82) is 0 Å². The molecule has 4 rings (SSSR count). The molecule has 0 aliphatic carbocycles. The summed E-state index contributed by atoms with van der Waals surface area (Å²) in [6.45, 7) is 8.53. The number of phenolic OH excluding ortho intramolecular Hbond substituents is 6. The topological polar surface area (TPSA) is 279 Å². The van der Waals surface area contributed by atoms with Crippen molar-refractivity contribution >= 4 is 35.8 Å². The maximum atomic E-state index is 13.3. The smallest absolute Gasteiger partial charge is 0.342 e. The Hall–Kier alpha value is -6.72. The van der Waals surface area contributed by atoms with E-state index in [4.69, 9.17) is 28.4 Å². The van der Waals surface area contributed by atoms with Gasteiger partial charge in [-0.1, -0.05) is 0 Å². The summed E-state index contributed by atoms with van der Waals surface area (Å²) in [6.07, 6.45) is -8.35. The largest absolute Gasteiger partial charge is 0.508 e. The van der Waals surface area contributed by atoms with Crippen molar-refractivity contribution in [2.75, 3.05) is 0 Å². The first-order valence-corrected chi connectivity index (χ1v) is 19.0. The van der Waals surface area contributed by atoms with E-state index in [0.717, 1.165) is 36.4 Å². The molecule has 1 heterocycles. The van der Waals surface area contributed by atoms with Crippen molar-refractivity contribution < 1.29 is 87.8 Å². The molecule has 324 valence electrons. The van der Waals surface area contributed by atoms with Crippen LogP contribution in [0.25, 0.3) is 0 Å². The highest BCUT2D eigenvalue weighted by molar-refractivity contribution is 5.96. The number of carbonyl (C=O) groups is 6. The third-order valence-corrected chi connectivity index (χ3v) is 8.97. The Labute approximate surface area is 344 Å². The summed E-state index contributed by atoms with van der Waals surface area (Å²) < 4.78 is 32.6. The number of esters is 6. The Kier molecular flexibility index (Phi) is 15.2. The molecule has 0 saturated carbocycles. The van der Waals surface area contributed by atoms with Crippen LogP contribution in [-0.4, -0.2) is 103 Å². The molecule has 18 nitrogen and oxygen atoms in total. The zero-order valence-corrected chi connectivity index (χ0v) is 33.8. The van der Waals surface area contributed by atoms with Crippen LogP contribution < -0.4 is 0 Å². The van der Waals surface area contributed by atoms with Crippen LogP contribution in [0.15, 0.2) is 36.4 Å². The van der Waals surface area contributed by atoms with E-state index in [0.29, 0.717) is 0 Å². The van der Waals surface area contributed by atoms with Gasteiger partial charge in [0.15, 0.2) is 0 Å². The second kappa shape index (κ2) is 19.8. The number of aromatic hydroxyl groups is 6. The number of cyclic esters (lactones) is 6. The molecule has 3 aromatic carbocycles. The van der Waals surface area contributed by atoms with Crippen molar-refractivity contribution in [3.05, 3.63) is 69.8 Å². The summed E-state index contributed by atoms with van der Waals surface area (Å²) in [5.41, 5.74) is -1.07. The third kappa shape index (κ3) is 12.6. The zero-order chi connectivity index (χ0) is 44.6. The minimum absolute atomic E-state index is 0.0219. The minimum atomic E-state index is -1.12. The number of phenols is 6. The molecule has 0 fully saturated rings. The lowest BCUT2D eigenvalue weighted by molar-refractivity contribution is -0.151. The van der Waals surface area contributed by atoms with Gasteiger partial charge < -0.3 is 59.1 Å². The molecular formula is C42H48O18. The molecule has 60 heavy (non-hydrogen) atoms. The predicted octanol–water partition coefficient (Wildman–Crippen LogP) is 4.56. The van der Waals surface area contributed by atoms with Crippen LogP contribution in [0.4, 0.5) is 0 Å². The standard InChI is InChI=1S/C42H48O18/c1-19-7-25-13-28(43)16-31(46)37(25)40(52)59-23(5)11-35(50)56-21(3)9-27-15-30(45)18-33(48)39(27)42(54)60-24(6)12-36(51)57-20(2)8-26-14-29(44)17-32(47)38(26)41(53)58-22(4)10-34(49)55-19/h13-24,43-48H,7-12H2,1-6H3. The first-order chi connectivity index (χ1) is 28.1. The van der Waals surface area contributed by atoms with Crippen LogP contribution in [0.3, 0.4) is 0 Å². The number of carbonyl (C=O) groups excluding carboxylic acids is 6. The van der Waals surface area contributed by atoms with Crippen molar-refractivity contribution in [3.8, 4) is 34.5 Å². The molecule has 6 unspecified atom stereocenters. The highest BCUT2D eigenvalue weighted by Gasteiger charge is 2.29. The van der Waals surface area contributed by atoms with E-state index in [-0.39, 0.29) is 52.6 Å². The van der Waals surface area contributed by atoms with Crippen LogP contribution >= 0.6 is 0 Å². The maximum Gasteiger partial charge on any atom is 0.342 e. The fourth-order valence-electron chi connectivity index (χ4n) is 6.62. The normalized spacial score (nSPS) is 23.5. The lowest BCUT2D eigenvalue weighted by atomic mass is 10.00. The van der Waals surface area contributed by atoms with Gasteiger partial charge in [-0.2, -0.15) is 0 Å². The first-order valence-electron chi connectivity index (χ1n) is 19.0. The Morgan fingerprint density at radius 3 is 0.800 bits per heavy atom. The third-order valence-electron chi connectivity index (χ3n) is 8.97. The van der Waals surface area contributed by atoms with Gasteiger partial charge in [0.2, 0.25) is 0 Å². The van der Waals surface area contributed by atoms with Crippen LogP contribution in [-0.2, 0) is 62.1 Å². The first kappa shape index (κ1) is 46.0. The Morgan fingerprint density at radius 1 is 0.350 bits per heavy atom. The average Bonchev–Trinajstić information content (AvgIpc) is 3.05. The number of ether oxygens (including phenoxy) is 6. The van der Waals surface area contributed by atoms with Crippen molar-refractivity contribution in [2.45, 2.75) is 117 Å². The molecule has 1 aliphatic rings. The van der Waals surface area contributed by atoms with Crippen LogP contribution in [0, 0.1) is 0 Å². The summed E-state index contributed by atoms with van der Waals surface area (Å²) in [5.74, 6) is -9.02. The van der Waals surface area contributed by atoms with E-state index in [1.54, 1.807) is 0 Å². The van der Waals surface area contributed by atoms with Crippen LogP contribution in [0.1, 0.15) is 109 Å². The van der Waals surface area contributed by atoms with Gasteiger partial charge in [0.05, 0.1) is 19.3 Å². The van der Waals surface area contributed by atoms with Gasteiger partial charge in [-0.25, -0.2) is 14.4 Å². The van der Waals surface area contributed by atoms with Gasteiger partial charge in [0.1, 0.15) is 87.8 Å². The fraction of sp³-hybridized carbons (Fsp3) is 0.429. The molecule has 0 radical (unpaired) electrons. The second-order valence-electron chi connectivity index (χ2n) is 14.8. The van der Waals surface area contributed by atoms with Gasteiger partial charge >= 0.3 is 35.8 Å². The average molecular weight is 841 g/mol. The van der Waals surface area contributed by atoms with Crippen molar-refractivity contribution in [3.63, 3.8) is 0 Å². The predicted molar refractivity (Wildman–Crippen MR) is 206 cm³/mol. The van der Waals surface area contributed by atoms with E-state index < -0.39 is 126 Å². The number of fused-ring (bicyclic) bond motifs is 3. The Bertz CT molecular complexity index is 1890. The maximum absolute atomic E-state index is 13.3. The fourth-order valence-corrected chi connectivity index (χ4v) is 6.62. The van der Waals surface area contributed by atoms with E-state index in [1.807, 2.05) is 0 Å². The summed E-state index contributed by atoms with van der Waals surface area (Å²) >= 11 is 0. The highest BCUT2D eigenvalue weighted by atomic mass is 16.6. The number of benzene rings is 3. The van der Waals surface area contributed by atoms with E-state index >= 15 is 0 Å². The van der Waals surface area contributed by atoms with Gasteiger partial charge in [0, 0.05) is 37.5 Å². The van der Waals surface area contributed by atoms with Gasteiger partial charge in [-0.05, 0) is 76.4 Å². The monoisotopic (exact) mass is 840 g/mol.